The fourth-order valence-corrected chi connectivity index (χ4v) is 5.05. The molecule has 3 fully saturated rings. The molecule has 1 aromatic carbocycles. The van der Waals surface area contributed by atoms with Crippen LogP contribution in [0, 0.1) is 5.92 Å². The molecule has 3 heteroatoms. The van der Waals surface area contributed by atoms with Gasteiger partial charge in [-0.2, -0.15) is 0 Å². The van der Waals surface area contributed by atoms with Crippen LogP contribution >= 0.6 is 0 Å². The second kappa shape index (κ2) is 6.27. The summed E-state index contributed by atoms with van der Waals surface area (Å²) < 4.78 is 0. The molecular weight excluding hydrogens is 284 g/mol. The van der Waals surface area contributed by atoms with E-state index in [4.69, 9.17) is 0 Å². The number of likely N-dealkylation sites (tertiary alicyclic amines) is 1. The van der Waals surface area contributed by atoms with Crippen LogP contribution in [-0.4, -0.2) is 35.5 Å². The van der Waals surface area contributed by atoms with E-state index in [-0.39, 0.29) is 0 Å². The third-order valence-corrected chi connectivity index (χ3v) is 6.20. The Bertz CT molecular complexity index is 546. The zero-order valence-corrected chi connectivity index (χ0v) is 14.1. The Hall–Kier alpha value is -1.35. The summed E-state index contributed by atoms with van der Waals surface area (Å²) in [6.07, 6.45) is 6.89. The Kier molecular flexibility index (Phi) is 4.14. The molecule has 3 aliphatic heterocycles. The number of hydrogen-bond donors (Lipinski definition) is 1. The van der Waals surface area contributed by atoms with E-state index in [1.807, 2.05) is 0 Å². The maximum absolute atomic E-state index is 12.8. The van der Waals surface area contributed by atoms with Gasteiger partial charge < -0.3 is 10.2 Å². The molecule has 23 heavy (non-hydrogen) atoms. The SMILES string of the molecule is CC1CC(c2ccccc2)CN1C(=O)CC1CC2CCC(C1)N2. The van der Waals surface area contributed by atoms with Crippen molar-refractivity contribution in [3.63, 3.8) is 0 Å². The van der Waals surface area contributed by atoms with E-state index in [2.05, 4.69) is 47.5 Å². The Balaban J connectivity index is 1.37. The Labute approximate surface area is 139 Å². The van der Waals surface area contributed by atoms with E-state index < -0.39 is 0 Å². The molecule has 0 saturated carbocycles. The van der Waals surface area contributed by atoms with Gasteiger partial charge in [-0.3, -0.25) is 4.79 Å². The quantitative estimate of drug-likeness (QED) is 0.928. The van der Waals surface area contributed by atoms with Crippen molar-refractivity contribution >= 4 is 5.91 Å². The summed E-state index contributed by atoms with van der Waals surface area (Å²) in [4.78, 5) is 15.0. The third-order valence-electron chi connectivity index (χ3n) is 6.20. The van der Waals surface area contributed by atoms with Crippen LogP contribution in [0.15, 0.2) is 30.3 Å². The lowest BCUT2D eigenvalue weighted by molar-refractivity contribution is -0.133. The number of amides is 1. The fraction of sp³-hybridized carbons (Fsp3) is 0.650. The Morgan fingerprint density at radius 2 is 1.83 bits per heavy atom. The minimum Gasteiger partial charge on any atom is -0.339 e. The summed E-state index contributed by atoms with van der Waals surface area (Å²) in [5.41, 5.74) is 1.38. The predicted molar refractivity (Wildman–Crippen MR) is 92.3 cm³/mol. The number of rotatable bonds is 3. The van der Waals surface area contributed by atoms with Gasteiger partial charge in [0.15, 0.2) is 0 Å². The largest absolute Gasteiger partial charge is 0.339 e. The standard InChI is InChI=1S/C20H28N2O/c1-14-9-17(16-5-3-2-4-6-16)13-22(14)20(23)12-15-10-18-7-8-19(11-15)21-18/h2-6,14-15,17-19,21H,7-13H2,1H3. The first-order chi connectivity index (χ1) is 11.2. The number of benzene rings is 1. The Morgan fingerprint density at radius 3 is 2.52 bits per heavy atom. The van der Waals surface area contributed by atoms with Gasteiger partial charge in [-0.25, -0.2) is 0 Å². The summed E-state index contributed by atoms with van der Waals surface area (Å²) >= 11 is 0. The molecule has 1 aromatic rings. The number of fused-ring (bicyclic) bond motifs is 2. The third kappa shape index (κ3) is 3.16. The van der Waals surface area contributed by atoms with Crippen LogP contribution in [0.4, 0.5) is 0 Å². The van der Waals surface area contributed by atoms with Gasteiger partial charge in [0.05, 0.1) is 0 Å². The summed E-state index contributed by atoms with van der Waals surface area (Å²) in [5.74, 6) is 1.51. The molecule has 0 aliphatic carbocycles. The van der Waals surface area contributed by atoms with Crippen LogP contribution in [0.3, 0.4) is 0 Å². The smallest absolute Gasteiger partial charge is 0.223 e. The second-order valence-corrected chi connectivity index (χ2v) is 7.92. The maximum atomic E-state index is 12.8. The van der Waals surface area contributed by atoms with Crippen LogP contribution in [0.25, 0.3) is 0 Å². The van der Waals surface area contributed by atoms with Gasteiger partial charge in [-0.1, -0.05) is 30.3 Å². The molecular formula is C20H28N2O. The van der Waals surface area contributed by atoms with Crippen LogP contribution in [0.1, 0.15) is 56.9 Å². The average Bonchev–Trinajstić information content (AvgIpc) is 3.11. The van der Waals surface area contributed by atoms with Gasteiger partial charge in [0.25, 0.3) is 0 Å². The molecule has 0 aromatic heterocycles. The second-order valence-electron chi connectivity index (χ2n) is 7.92. The van der Waals surface area contributed by atoms with Crippen LogP contribution in [0.2, 0.25) is 0 Å². The van der Waals surface area contributed by atoms with Crippen LogP contribution in [0.5, 0.6) is 0 Å². The normalized spacial score (nSPS) is 36.4. The first kappa shape index (κ1) is 15.2. The predicted octanol–water partition coefficient (Wildman–Crippen LogP) is 3.31. The van der Waals surface area contributed by atoms with E-state index in [1.54, 1.807) is 0 Å². The molecule has 1 amide bonds. The van der Waals surface area contributed by atoms with Crippen molar-refractivity contribution in [3.8, 4) is 0 Å². The minimum atomic E-state index is 0.381. The fourth-order valence-electron chi connectivity index (χ4n) is 5.05. The molecule has 3 nitrogen and oxygen atoms in total. The lowest BCUT2D eigenvalue weighted by Gasteiger charge is -2.31. The van der Waals surface area contributed by atoms with E-state index in [9.17, 15) is 4.79 Å². The molecule has 3 aliphatic rings. The van der Waals surface area contributed by atoms with Gasteiger partial charge in [0.2, 0.25) is 5.91 Å². The molecule has 1 N–H and O–H groups in total. The molecule has 0 radical (unpaired) electrons. The number of piperidine rings is 1. The summed E-state index contributed by atoms with van der Waals surface area (Å²) in [6.45, 7) is 3.12. The molecule has 4 unspecified atom stereocenters. The topological polar surface area (TPSA) is 32.3 Å². The number of nitrogens with zero attached hydrogens (tertiary/aromatic N) is 1. The highest BCUT2D eigenvalue weighted by Gasteiger charge is 2.37. The van der Waals surface area contributed by atoms with Gasteiger partial charge in [0, 0.05) is 37.0 Å². The molecule has 4 atom stereocenters. The van der Waals surface area contributed by atoms with Crippen molar-refractivity contribution in [2.24, 2.45) is 5.92 Å². The number of carbonyl (C=O) groups excluding carboxylic acids is 1. The number of hydrogen-bond acceptors (Lipinski definition) is 2. The summed E-state index contributed by atoms with van der Waals surface area (Å²) in [7, 11) is 0. The molecule has 0 spiro atoms. The van der Waals surface area contributed by atoms with Gasteiger partial charge in [-0.05, 0) is 50.5 Å². The monoisotopic (exact) mass is 312 g/mol. The molecule has 2 bridgehead atoms. The van der Waals surface area contributed by atoms with Crippen molar-refractivity contribution in [1.29, 1.82) is 0 Å². The van der Waals surface area contributed by atoms with Gasteiger partial charge in [-0.15, -0.1) is 0 Å². The van der Waals surface area contributed by atoms with Crippen LogP contribution in [-0.2, 0) is 4.79 Å². The van der Waals surface area contributed by atoms with Crippen LogP contribution < -0.4 is 5.32 Å². The zero-order valence-electron chi connectivity index (χ0n) is 14.1. The first-order valence-electron chi connectivity index (χ1n) is 9.29. The molecule has 3 heterocycles. The van der Waals surface area contributed by atoms with E-state index in [0.29, 0.717) is 35.9 Å². The highest BCUT2D eigenvalue weighted by molar-refractivity contribution is 5.77. The lowest BCUT2D eigenvalue weighted by Crippen LogP contribution is -2.41. The summed E-state index contributed by atoms with van der Waals surface area (Å²) in [5, 5.41) is 3.68. The lowest BCUT2D eigenvalue weighted by atomic mass is 9.89. The maximum Gasteiger partial charge on any atom is 0.223 e. The van der Waals surface area contributed by atoms with Gasteiger partial charge >= 0.3 is 0 Å². The molecule has 124 valence electrons. The van der Waals surface area contributed by atoms with Crippen molar-refractivity contribution in [2.75, 3.05) is 6.54 Å². The van der Waals surface area contributed by atoms with Crippen molar-refractivity contribution in [2.45, 2.75) is 69.5 Å². The van der Waals surface area contributed by atoms with E-state index in [0.717, 1.165) is 19.4 Å². The highest BCUT2D eigenvalue weighted by Crippen LogP contribution is 2.35. The van der Waals surface area contributed by atoms with E-state index in [1.165, 1.54) is 31.2 Å². The average molecular weight is 312 g/mol. The molecule has 4 rings (SSSR count). The van der Waals surface area contributed by atoms with Crippen molar-refractivity contribution in [3.05, 3.63) is 35.9 Å². The molecule has 3 saturated heterocycles. The zero-order chi connectivity index (χ0) is 15.8. The number of carbonyl (C=O) groups is 1. The van der Waals surface area contributed by atoms with E-state index >= 15 is 0 Å². The Morgan fingerprint density at radius 1 is 1.13 bits per heavy atom. The van der Waals surface area contributed by atoms with Crippen molar-refractivity contribution < 1.29 is 4.79 Å². The highest BCUT2D eigenvalue weighted by atomic mass is 16.2. The minimum absolute atomic E-state index is 0.381. The summed E-state index contributed by atoms with van der Waals surface area (Å²) in [6, 6.07) is 12.4. The first-order valence-corrected chi connectivity index (χ1v) is 9.29. The number of nitrogens with one attached hydrogen (secondary N) is 1. The van der Waals surface area contributed by atoms with Crippen molar-refractivity contribution in [1.82, 2.24) is 10.2 Å². The van der Waals surface area contributed by atoms with Gasteiger partial charge in [0.1, 0.15) is 0 Å².